The fourth-order valence-electron chi connectivity index (χ4n) is 1.98. The van der Waals surface area contributed by atoms with E-state index in [0.717, 1.165) is 0 Å². The van der Waals surface area contributed by atoms with Crippen LogP contribution in [0.3, 0.4) is 0 Å². The lowest BCUT2D eigenvalue weighted by Crippen LogP contribution is -2.34. The highest BCUT2D eigenvalue weighted by Gasteiger charge is 2.08. The van der Waals surface area contributed by atoms with Crippen LogP contribution >= 0.6 is 36.0 Å². The van der Waals surface area contributed by atoms with Crippen LogP contribution in [0.4, 0.5) is 11.4 Å². The maximum Gasteiger partial charge on any atom is 0.257 e. The third kappa shape index (κ3) is 6.93. The molecule has 6 nitrogen and oxygen atoms in total. The first-order chi connectivity index (χ1) is 12.9. The molecule has 4 N–H and O–H groups in total. The Hall–Kier alpha value is -2.55. The minimum atomic E-state index is -0.356. The van der Waals surface area contributed by atoms with E-state index in [2.05, 4.69) is 21.3 Å². The summed E-state index contributed by atoms with van der Waals surface area (Å²) in [4.78, 5) is 23.4. The Labute approximate surface area is 172 Å². The van der Waals surface area contributed by atoms with Crippen molar-refractivity contribution >= 4 is 69.5 Å². The molecule has 0 aliphatic rings. The van der Waals surface area contributed by atoms with Gasteiger partial charge in [-0.3, -0.25) is 14.9 Å². The van der Waals surface area contributed by atoms with Gasteiger partial charge in [0.2, 0.25) is 5.91 Å². The highest BCUT2D eigenvalue weighted by Crippen LogP contribution is 2.14. The SMILES string of the molecule is CCC(=O)NC(=S)Nc1ccc(NC(=S)NC(=O)c2cccc(Cl)c2)cc1. The summed E-state index contributed by atoms with van der Waals surface area (Å²) < 4.78 is 0. The molecule has 0 aliphatic carbocycles. The fraction of sp³-hybridized carbons (Fsp3) is 0.111. The van der Waals surface area contributed by atoms with E-state index in [4.69, 9.17) is 36.0 Å². The summed E-state index contributed by atoms with van der Waals surface area (Å²) in [5, 5.41) is 11.8. The number of carbonyl (C=O) groups is 2. The molecule has 0 spiro atoms. The van der Waals surface area contributed by atoms with E-state index in [-0.39, 0.29) is 22.0 Å². The van der Waals surface area contributed by atoms with Gasteiger partial charge in [-0.1, -0.05) is 24.6 Å². The number of rotatable bonds is 4. The van der Waals surface area contributed by atoms with Crippen LogP contribution in [0.1, 0.15) is 23.7 Å². The number of anilines is 2. The molecular formula is C18H17ClN4O2S2. The first-order valence-electron chi connectivity index (χ1n) is 7.96. The molecule has 0 bridgehead atoms. The molecule has 0 unspecified atom stereocenters. The topological polar surface area (TPSA) is 82.3 Å². The Bertz CT molecular complexity index is 872. The number of hydrogen-bond donors (Lipinski definition) is 4. The second kappa shape index (κ2) is 9.96. The molecule has 9 heteroatoms. The monoisotopic (exact) mass is 420 g/mol. The summed E-state index contributed by atoms with van der Waals surface area (Å²) in [5.74, 6) is -0.517. The molecule has 0 heterocycles. The molecule has 0 saturated carbocycles. The molecule has 2 aromatic carbocycles. The van der Waals surface area contributed by atoms with Crippen LogP contribution in [0.5, 0.6) is 0 Å². The average Bonchev–Trinajstić information content (AvgIpc) is 2.63. The maximum atomic E-state index is 12.1. The lowest BCUT2D eigenvalue weighted by molar-refractivity contribution is -0.119. The maximum absolute atomic E-state index is 12.1. The van der Waals surface area contributed by atoms with Gasteiger partial charge in [-0.25, -0.2) is 0 Å². The van der Waals surface area contributed by atoms with Gasteiger partial charge in [0, 0.05) is 28.4 Å². The van der Waals surface area contributed by atoms with Crippen LogP contribution in [0, 0.1) is 0 Å². The molecule has 2 rings (SSSR count). The normalized spacial score (nSPS) is 9.85. The van der Waals surface area contributed by atoms with Crippen molar-refractivity contribution in [2.45, 2.75) is 13.3 Å². The Morgan fingerprint density at radius 2 is 1.48 bits per heavy atom. The van der Waals surface area contributed by atoms with E-state index in [1.54, 1.807) is 55.5 Å². The van der Waals surface area contributed by atoms with Crippen LogP contribution < -0.4 is 21.3 Å². The number of benzene rings is 2. The lowest BCUT2D eigenvalue weighted by atomic mass is 10.2. The van der Waals surface area contributed by atoms with E-state index in [1.165, 1.54) is 0 Å². The average molecular weight is 421 g/mol. The molecule has 0 radical (unpaired) electrons. The molecule has 0 aromatic heterocycles. The molecular weight excluding hydrogens is 404 g/mol. The number of nitrogens with one attached hydrogen (secondary N) is 4. The largest absolute Gasteiger partial charge is 0.332 e. The Morgan fingerprint density at radius 3 is 2.00 bits per heavy atom. The van der Waals surface area contributed by atoms with Crippen molar-refractivity contribution in [1.82, 2.24) is 10.6 Å². The van der Waals surface area contributed by atoms with Crippen LogP contribution in [0.2, 0.25) is 5.02 Å². The Morgan fingerprint density at radius 1 is 0.926 bits per heavy atom. The predicted octanol–water partition coefficient (Wildman–Crippen LogP) is 3.69. The number of carbonyl (C=O) groups excluding carboxylic acids is 2. The van der Waals surface area contributed by atoms with Gasteiger partial charge in [0.25, 0.3) is 5.91 Å². The van der Waals surface area contributed by atoms with Gasteiger partial charge in [0.15, 0.2) is 10.2 Å². The van der Waals surface area contributed by atoms with Crippen molar-refractivity contribution in [3.8, 4) is 0 Å². The molecule has 0 aliphatic heterocycles. The van der Waals surface area contributed by atoms with Crippen molar-refractivity contribution in [1.29, 1.82) is 0 Å². The van der Waals surface area contributed by atoms with E-state index in [0.29, 0.717) is 28.4 Å². The van der Waals surface area contributed by atoms with E-state index >= 15 is 0 Å². The highest BCUT2D eigenvalue weighted by molar-refractivity contribution is 7.80. The lowest BCUT2D eigenvalue weighted by Gasteiger charge is -2.12. The van der Waals surface area contributed by atoms with E-state index in [9.17, 15) is 9.59 Å². The summed E-state index contributed by atoms with van der Waals surface area (Å²) in [6.45, 7) is 1.74. The summed E-state index contributed by atoms with van der Waals surface area (Å²) in [6, 6.07) is 13.6. The first kappa shape index (κ1) is 20.8. The summed E-state index contributed by atoms with van der Waals surface area (Å²) in [7, 11) is 0. The number of hydrogen-bond acceptors (Lipinski definition) is 4. The van der Waals surface area contributed by atoms with E-state index in [1.807, 2.05) is 0 Å². The van der Waals surface area contributed by atoms with E-state index < -0.39 is 0 Å². The van der Waals surface area contributed by atoms with Crippen molar-refractivity contribution < 1.29 is 9.59 Å². The van der Waals surface area contributed by atoms with Crippen molar-refractivity contribution in [2.75, 3.05) is 10.6 Å². The van der Waals surface area contributed by atoms with Gasteiger partial charge in [-0.2, -0.15) is 0 Å². The predicted molar refractivity (Wildman–Crippen MR) is 116 cm³/mol. The van der Waals surface area contributed by atoms with Gasteiger partial charge < -0.3 is 16.0 Å². The quantitative estimate of drug-likeness (QED) is 0.565. The van der Waals surface area contributed by atoms with Crippen LogP contribution in [-0.4, -0.2) is 22.0 Å². The zero-order chi connectivity index (χ0) is 19.8. The van der Waals surface area contributed by atoms with Gasteiger partial charge in [0.05, 0.1) is 0 Å². The number of amides is 2. The second-order valence-electron chi connectivity index (χ2n) is 5.35. The zero-order valence-corrected chi connectivity index (χ0v) is 16.7. The van der Waals surface area contributed by atoms with Crippen molar-refractivity contribution in [3.05, 3.63) is 59.1 Å². The second-order valence-corrected chi connectivity index (χ2v) is 6.60. The minimum Gasteiger partial charge on any atom is -0.332 e. The highest BCUT2D eigenvalue weighted by atomic mass is 35.5. The molecule has 2 aromatic rings. The third-order valence-corrected chi connectivity index (χ3v) is 3.93. The zero-order valence-electron chi connectivity index (χ0n) is 14.3. The fourth-order valence-corrected chi connectivity index (χ4v) is 2.61. The molecule has 0 atom stereocenters. The molecule has 27 heavy (non-hydrogen) atoms. The number of thiocarbonyl (C=S) groups is 2. The Kier molecular flexibility index (Phi) is 7.66. The Balaban J connectivity index is 1.88. The van der Waals surface area contributed by atoms with Gasteiger partial charge in [-0.05, 0) is 66.9 Å². The minimum absolute atomic E-state index is 0.159. The standard InChI is InChI=1S/C18H17ClN4O2S2/c1-2-15(24)22-17(26)20-13-6-8-14(9-7-13)21-18(27)23-16(25)11-4-3-5-12(19)10-11/h3-10H,2H2,1H3,(H2,20,22,24,26)(H2,21,23,25,27). The van der Waals surface area contributed by atoms with Crippen LogP contribution in [0.25, 0.3) is 0 Å². The molecule has 140 valence electrons. The van der Waals surface area contributed by atoms with Gasteiger partial charge in [0.1, 0.15) is 0 Å². The summed E-state index contributed by atoms with van der Waals surface area (Å²) in [6.07, 6.45) is 0.350. The van der Waals surface area contributed by atoms with Crippen LogP contribution in [0.15, 0.2) is 48.5 Å². The van der Waals surface area contributed by atoms with Gasteiger partial charge >= 0.3 is 0 Å². The van der Waals surface area contributed by atoms with Crippen molar-refractivity contribution in [2.24, 2.45) is 0 Å². The molecule has 0 fully saturated rings. The summed E-state index contributed by atoms with van der Waals surface area (Å²) >= 11 is 16.1. The molecule has 0 saturated heterocycles. The van der Waals surface area contributed by atoms with Crippen molar-refractivity contribution in [3.63, 3.8) is 0 Å². The van der Waals surface area contributed by atoms with Gasteiger partial charge in [-0.15, -0.1) is 0 Å². The van der Waals surface area contributed by atoms with Crippen LogP contribution in [-0.2, 0) is 4.79 Å². The first-order valence-corrected chi connectivity index (χ1v) is 9.15. The molecule has 2 amide bonds. The summed E-state index contributed by atoms with van der Waals surface area (Å²) in [5.41, 5.74) is 1.80. The number of halogens is 1. The smallest absolute Gasteiger partial charge is 0.257 e. The third-order valence-electron chi connectivity index (χ3n) is 3.29.